The minimum Gasteiger partial charge on any atom is -0.328 e. The maximum absolute atomic E-state index is 10.1. The van der Waals surface area contributed by atoms with Crippen LogP contribution in [0.1, 0.15) is 32.6 Å². The molecule has 0 aliphatic heterocycles. The second kappa shape index (κ2) is 5.23. The van der Waals surface area contributed by atoms with Crippen LogP contribution < -0.4 is 11.5 Å². The molecule has 0 heterocycles. The van der Waals surface area contributed by atoms with Gasteiger partial charge in [-0.05, 0) is 19.3 Å². The topological polar surface area (TPSA) is 66.9 Å². The Bertz CT molecular complexity index is 104. The number of carbonyl (C=O) groups is 1. The van der Waals surface area contributed by atoms with Gasteiger partial charge in [-0.25, -0.2) is 0 Å². The van der Waals surface area contributed by atoms with Crippen LogP contribution in [0.5, 0.6) is 0 Å². The van der Waals surface area contributed by atoms with Gasteiger partial charge < -0.3 is 5.73 Å². The molecule has 0 fully saturated rings. The number of amides is 1. The third kappa shape index (κ3) is 5.56. The Kier molecular flexibility index (Phi) is 4.94. The van der Waals surface area contributed by atoms with Crippen LogP contribution in [-0.2, 0) is 4.79 Å². The summed E-state index contributed by atoms with van der Waals surface area (Å²) in [6.07, 6.45) is 2.93. The highest BCUT2D eigenvalue weighted by Gasteiger charge is 2.00. The molecular weight excluding hydrogens is 128 g/mol. The molecule has 0 saturated carbocycles. The maximum atomic E-state index is 10.1. The summed E-state index contributed by atoms with van der Waals surface area (Å²) >= 11 is 0. The summed E-state index contributed by atoms with van der Waals surface area (Å²) in [7, 11) is 0. The highest BCUT2D eigenvalue weighted by atomic mass is 16.1. The van der Waals surface area contributed by atoms with E-state index in [4.69, 9.17) is 11.5 Å². The monoisotopic (exact) mass is 143 g/mol. The Morgan fingerprint density at radius 3 is 2.70 bits per heavy atom. The molecule has 0 aromatic carbocycles. The molecule has 0 aromatic heterocycles. The summed E-state index contributed by atoms with van der Waals surface area (Å²) in [6.45, 7) is 2.02. The number of hydrogen-bond acceptors (Lipinski definition) is 2. The highest BCUT2D eigenvalue weighted by Crippen LogP contribution is 2.00. The molecule has 3 heteroatoms. The first kappa shape index (κ1) is 9.43. The fraction of sp³-hybridized carbons (Fsp3) is 0.857. The number of nitrogens with two attached hydrogens (primary N) is 1. The maximum Gasteiger partial charge on any atom is 0.238 e. The zero-order chi connectivity index (χ0) is 7.98. The average molecular weight is 143 g/mol. The van der Waals surface area contributed by atoms with Crippen molar-refractivity contribution in [1.29, 1.82) is 0 Å². The lowest BCUT2D eigenvalue weighted by atomic mass is 10.1. The van der Waals surface area contributed by atoms with E-state index in [1.807, 2.05) is 6.92 Å². The van der Waals surface area contributed by atoms with Gasteiger partial charge in [0.15, 0.2) is 0 Å². The van der Waals surface area contributed by atoms with Gasteiger partial charge in [-0.2, -0.15) is 0 Å². The molecule has 0 spiro atoms. The summed E-state index contributed by atoms with van der Waals surface area (Å²) < 4.78 is 0. The van der Waals surface area contributed by atoms with Gasteiger partial charge in [-0.1, -0.05) is 6.92 Å². The van der Waals surface area contributed by atoms with E-state index < -0.39 is 5.91 Å². The van der Waals surface area contributed by atoms with Crippen molar-refractivity contribution < 1.29 is 4.79 Å². The van der Waals surface area contributed by atoms with Gasteiger partial charge in [0, 0.05) is 12.5 Å². The SMILES string of the molecule is CCC(N)CCCC([NH])=O. The van der Waals surface area contributed by atoms with Crippen LogP contribution in [0.15, 0.2) is 0 Å². The standard InChI is InChI=1S/C7H15N2O/c1-2-6(8)4-3-5-7(9)10/h6,9H,2-5,8H2,1H3. The molecule has 1 unspecified atom stereocenters. The minimum atomic E-state index is -0.483. The number of rotatable bonds is 5. The number of carbonyl (C=O) groups excluding carboxylic acids is 1. The van der Waals surface area contributed by atoms with E-state index in [0.29, 0.717) is 6.42 Å². The van der Waals surface area contributed by atoms with E-state index in [1.54, 1.807) is 0 Å². The Balaban J connectivity index is 3.11. The van der Waals surface area contributed by atoms with Gasteiger partial charge in [0.1, 0.15) is 0 Å². The van der Waals surface area contributed by atoms with Crippen LogP contribution >= 0.6 is 0 Å². The molecular formula is C7H15N2O. The summed E-state index contributed by atoms with van der Waals surface area (Å²) in [5.41, 5.74) is 12.2. The summed E-state index contributed by atoms with van der Waals surface area (Å²) in [4.78, 5) is 10.1. The predicted molar refractivity (Wildman–Crippen MR) is 40.2 cm³/mol. The van der Waals surface area contributed by atoms with Gasteiger partial charge in [0.2, 0.25) is 5.91 Å². The van der Waals surface area contributed by atoms with E-state index in [0.717, 1.165) is 19.3 Å². The van der Waals surface area contributed by atoms with Crippen molar-refractivity contribution >= 4 is 5.91 Å². The summed E-state index contributed by atoms with van der Waals surface area (Å²) in [5.74, 6) is -0.483. The third-order valence-electron chi connectivity index (χ3n) is 1.50. The fourth-order valence-corrected chi connectivity index (χ4v) is 0.729. The Morgan fingerprint density at radius 1 is 1.70 bits per heavy atom. The van der Waals surface area contributed by atoms with E-state index in [-0.39, 0.29) is 6.04 Å². The predicted octanol–water partition coefficient (Wildman–Crippen LogP) is 0.704. The first-order valence-electron chi connectivity index (χ1n) is 3.66. The molecule has 59 valence electrons. The largest absolute Gasteiger partial charge is 0.328 e. The van der Waals surface area contributed by atoms with Gasteiger partial charge in [0.25, 0.3) is 0 Å². The molecule has 0 saturated heterocycles. The molecule has 0 rings (SSSR count). The van der Waals surface area contributed by atoms with Crippen molar-refractivity contribution in [2.75, 3.05) is 0 Å². The fourth-order valence-electron chi connectivity index (χ4n) is 0.729. The van der Waals surface area contributed by atoms with Gasteiger partial charge in [0.05, 0.1) is 0 Å². The second-order valence-corrected chi connectivity index (χ2v) is 2.48. The lowest BCUT2D eigenvalue weighted by Gasteiger charge is -2.05. The third-order valence-corrected chi connectivity index (χ3v) is 1.50. The zero-order valence-electron chi connectivity index (χ0n) is 6.39. The van der Waals surface area contributed by atoms with E-state index in [9.17, 15) is 4.79 Å². The molecule has 1 amide bonds. The number of hydrogen-bond donors (Lipinski definition) is 1. The Morgan fingerprint density at radius 2 is 2.30 bits per heavy atom. The van der Waals surface area contributed by atoms with E-state index >= 15 is 0 Å². The van der Waals surface area contributed by atoms with Crippen molar-refractivity contribution in [3.05, 3.63) is 0 Å². The van der Waals surface area contributed by atoms with Crippen LogP contribution in [0.4, 0.5) is 0 Å². The quantitative estimate of drug-likeness (QED) is 0.615. The molecule has 3 nitrogen and oxygen atoms in total. The van der Waals surface area contributed by atoms with E-state index in [1.165, 1.54) is 0 Å². The van der Waals surface area contributed by atoms with Crippen LogP contribution in [0, 0.1) is 0 Å². The smallest absolute Gasteiger partial charge is 0.238 e. The molecule has 0 aliphatic carbocycles. The van der Waals surface area contributed by atoms with Crippen LogP contribution in [0.2, 0.25) is 0 Å². The minimum absolute atomic E-state index is 0.208. The van der Waals surface area contributed by atoms with Crippen molar-refractivity contribution in [2.45, 2.75) is 38.6 Å². The molecule has 10 heavy (non-hydrogen) atoms. The molecule has 1 radical (unpaired) electrons. The Hall–Kier alpha value is -0.570. The van der Waals surface area contributed by atoms with E-state index in [2.05, 4.69) is 0 Å². The zero-order valence-corrected chi connectivity index (χ0v) is 6.39. The molecule has 0 aliphatic rings. The number of nitrogens with one attached hydrogen (secondary N) is 1. The van der Waals surface area contributed by atoms with Gasteiger partial charge in [-0.15, -0.1) is 0 Å². The summed E-state index contributed by atoms with van der Waals surface area (Å²) in [5, 5.41) is 0. The van der Waals surface area contributed by atoms with Crippen molar-refractivity contribution in [2.24, 2.45) is 5.73 Å². The first-order valence-corrected chi connectivity index (χ1v) is 3.66. The van der Waals surface area contributed by atoms with Crippen LogP contribution in [0.3, 0.4) is 0 Å². The van der Waals surface area contributed by atoms with Gasteiger partial charge in [-0.3, -0.25) is 10.5 Å². The first-order chi connectivity index (χ1) is 4.66. The lowest BCUT2D eigenvalue weighted by molar-refractivity contribution is -0.118. The lowest BCUT2D eigenvalue weighted by Crippen LogP contribution is -2.18. The summed E-state index contributed by atoms with van der Waals surface area (Å²) in [6, 6.07) is 0.208. The second-order valence-electron chi connectivity index (χ2n) is 2.48. The van der Waals surface area contributed by atoms with Crippen LogP contribution in [-0.4, -0.2) is 11.9 Å². The highest BCUT2D eigenvalue weighted by molar-refractivity contribution is 5.72. The molecule has 3 N–H and O–H groups in total. The average Bonchev–Trinajstić information content (AvgIpc) is 1.87. The van der Waals surface area contributed by atoms with Crippen molar-refractivity contribution in [3.63, 3.8) is 0 Å². The molecule has 0 bridgehead atoms. The van der Waals surface area contributed by atoms with Crippen molar-refractivity contribution in [1.82, 2.24) is 5.73 Å². The normalized spacial score (nSPS) is 13.0. The molecule has 1 atom stereocenters. The Labute approximate surface area is 61.8 Å². The van der Waals surface area contributed by atoms with Gasteiger partial charge >= 0.3 is 0 Å². The molecule has 0 aromatic rings. The van der Waals surface area contributed by atoms with Crippen LogP contribution in [0.25, 0.3) is 0 Å². The van der Waals surface area contributed by atoms with Crippen molar-refractivity contribution in [3.8, 4) is 0 Å².